The van der Waals surface area contributed by atoms with Gasteiger partial charge >= 0.3 is 0 Å². The van der Waals surface area contributed by atoms with Gasteiger partial charge in [-0.15, -0.1) is 0 Å². The summed E-state index contributed by atoms with van der Waals surface area (Å²) in [5.41, 5.74) is 6.88. The first-order valence-corrected chi connectivity index (χ1v) is 13.6. The van der Waals surface area contributed by atoms with E-state index in [0.717, 1.165) is 27.8 Å². The van der Waals surface area contributed by atoms with Crippen LogP contribution < -0.4 is 0 Å². The van der Waals surface area contributed by atoms with Crippen LogP contribution in [0.25, 0.3) is 11.3 Å². The first-order chi connectivity index (χ1) is 17.4. The number of sulfonamides is 1. The third-order valence-electron chi connectivity index (χ3n) is 6.60. The zero-order valence-electron chi connectivity index (χ0n) is 20.5. The van der Waals surface area contributed by atoms with Gasteiger partial charge in [0.15, 0.2) is 0 Å². The predicted molar refractivity (Wildman–Crippen MR) is 148 cm³/mol. The Morgan fingerprint density at radius 3 is 1.83 bits per heavy atom. The lowest BCUT2D eigenvalue weighted by atomic mass is 9.94. The first-order valence-electron chi connectivity index (χ1n) is 12.1. The summed E-state index contributed by atoms with van der Waals surface area (Å²) in [7, 11) is -3.82. The minimum Gasteiger partial charge on any atom is -0.265 e. The Morgan fingerprint density at radius 2 is 1.22 bits per heavy atom. The molecule has 0 spiro atoms. The average molecular weight is 492 g/mol. The molecule has 1 atom stereocenters. The molecule has 0 saturated carbocycles. The molecule has 4 heteroatoms. The van der Waals surface area contributed by atoms with E-state index in [-0.39, 0.29) is 5.92 Å². The monoisotopic (exact) mass is 491 g/mol. The fourth-order valence-electron chi connectivity index (χ4n) is 4.54. The Labute approximate surface area is 214 Å². The molecular weight excluding hydrogens is 462 g/mol. The standard InChI is InChI=1S/C32H29NO2S/c1-24-13-17-27(18-14-24)29-21-30(26-9-5-3-6-10-26)23-33(32(22-29)28-11-7-4-8-12-28)36(34,35)31-19-15-25(2)16-20-31/h3-22,30H,23H2,1-2H3. The molecule has 4 aromatic rings. The van der Waals surface area contributed by atoms with Crippen molar-refractivity contribution in [2.75, 3.05) is 6.54 Å². The van der Waals surface area contributed by atoms with E-state index < -0.39 is 10.0 Å². The molecule has 0 N–H and O–H groups in total. The molecule has 5 rings (SSSR count). The van der Waals surface area contributed by atoms with Gasteiger partial charge < -0.3 is 0 Å². The molecule has 0 saturated heterocycles. The highest BCUT2D eigenvalue weighted by Crippen LogP contribution is 2.37. The van der Waals surface area contributed by atoms with Crippen LogP contribution in [0.2, 0.25) is 0 Å². The second kappa shape index (κ2) is 10.00. The zero-order valence-corrected chi connectivity index (χ0v) is 21.3. The van der Waals surface area contributed by atoms with Crippen molar-refractivity contribution in [3.8, 4) is 0 Å². The molecule has 4 aromatic carbocycles. The number of allylic oxidation sites excluding steroid dienone is 2. The van der Waals surface area contributed by atoms with Crippen LogP contribution in [0.3, 0.4) is 0 Å². The van der Waals surface area contributed by atoms with Crippen LogP contribution in [0.15, 0.2) is 126 Å². The van der Waals surface area contributed by atoms with E-state index in [9.17, 15) is 8.42 Å². The number of nitrogens with zero attached hydrogens (tertiary/aromatic N) is 1. The highest BCUT2D eigenvalue weighted by Gasteiger charge is 2.32. The molecule has 0 aliphatic carbocycles. The van der Waals surface area contributed by atoms with Gasteiger partial charge in [0.1, 0.15) is 0 Å². The summed E-state index contributed by atoms with van der Waals surface area (Å²) in [6.45, 7) is 4.33. The van der Waals surface area contributed by atoms with Crippen molar-refractivity contribution in [1.29, 1.82) is 0 Å². The van der Waals surface area contributed by atoms with Crippen molar-refractivity contribution < 1.29 is 8.42 Å². The third-order valence-corrected chi connectivity index (χ3v) is 8.39. The van der Waals surface area contributed by atoms with Gasteiger partial charge in [-0.25, -0.2) is 8.42 Å². The zero-order chi connectivity index (χ0) is 25.1. The van der Waals surface area contributed by atoms with Crippen LogP contribution in [0.5, 0.6) is 0 Å². The van der Waals surface area contributed by atoms with Gasteiger partial charge in [-0.05, 0) is 54.3 Å². The van der Waals surface area contributed by atoms with Crippen LogP contribution in [0, 0.1) is 13.8 Å². The van der Waals surface area contributed by atoms with E-state index in [1.807, 2.05) is 73.7 Å². The quantitative estimate of drug-likeness (QED) is 0.296. The van der Waals surface area contributed by atoms with Crippen molar-refractivity contribution in [3.05, 3.63) is 149 Å². The Bertz CT molecular complexity index is 1500. The maximum absolute atomic E-state index is 14.2. The maximum Gasteiger partial charge on any atom is 0.264 e. The van der Waals surface area contributed by atoms with Crippen LogP contribution >= 0.6 is 0 Å². The SMILES string of the molecule is Cc1ccc(C2=CC(c3ccccc3)CN(S(=O)(=O)c3ccc(C)cc3)C(c3ccccc3)=C2)cc1. The van der Waals surface area contributed by atoms with Crippen molar-refractivity contribution in [3.63, 3.8) is 0 Å². The smallest absolute Gasteiger partial charge is 0.264 e. The van der Waals surface area contributed by atoms with E-state index >= 15 is 0 Å². The third kappa shape index (κ3) is 4.91. The largest absolute Gasteiger partial charge is 0.265 e. The minimum absolute atomic E-state index is 0.125. The van der Waals surface area contributed by atoms with E-state index in [1.54, 1.807) is 16.4 Å². The second-order valence-corrected chi connectivity index (χ2v) is 11.1. The van der Waals surface area contributed by atoms with Crippen molar-refractivity contribution >= 4 is 21.3 Å². The molecule has 0 radical (unpaired) electrons. The molecular formula is C32H29NO2S. The Balaban J connectivity index is 1.73. The fraction of sp³-hybridized carbons (Fsp3) is 0.125. The number of benzene rings is 4. The number of rotatable bonds is 5. The predicted octanol–water partition coefficient (Wildman–Crippen LogP) is 7.22. The molecule has 0 aromatic heterocycles. The number of hydrogen-bond acceptors (Lipinski definition) is 2. The summed E-state index contributed by atoms with van der Waals surface area (Å²) in [5, 5.41) is 0. The normalized spacial score (nSPS) is 16.2. The van der Waals surface area contributed by atoms with Crippen LogP contribution in [0.4, 0.5) is 0 Å². The lowest BCUT2D eigenvalue weighted by Gasteiger charge is -2.29. The Hall–Kier alpha value is -3.89. The molecule has 1 aliphatic rings. The van der Waals surface area contributed by atoms with Gasteiger partial charge in [0.25, 0.3) is 10.0 Å². The average Bonchev–Trinajstić information content (AvgIpc) is 3.12. The van der Waals surface area contributed by atoms with E-state index in [4.69, 9.17) is 0 Å². The molecule has 1 aliphatic heterocycles. The molecule has 0 amide bonds. The summed E-state index contributed by atoms with van der Waals surface area (Å²) in [5.74, 6) is -0.125. The van der Waals surface area contributed by atoms with Crippen molar-refractivity contribution in [2.24, 2.45) is 0 Å². The highest BCUT2D eigenvalue weighted by atomic mass is 32.2. The van der Waals surface area contributed by atoms with Gasteiger partial charge in [0.05, 0.1) is 10.6 Å². The molecule has 1 unspecified atom stereocenters. The van der Waals surface area contributed by atoms with Crippen molar-refractivity contribution in [1.82, 2.24) is 4.31 Å². The second-order valence-electron chi connectivity index (χ2n) is 9.25. The van der Waals surface area contributed by atoms with E-state index in [2.05, 4.69) is 49.4 Å². The summed E-state index contributed by atoms with van der Waals surface area (Å²) in [6, 6.07) is 35.4. The van der Waals surface area contributed by atoms with E-state index in [1.165, 1.54) is 5.56 Å². The summed E-state index contributed by atoms with van der Waals surface area (Å²) < 4.78 is 29.9. The summed E-state index contributed by atoms with van der Waals surface area (Å²) in [4.78, 5) is 0.292. The fourth-order valence-corrected chi connectivity index (χ4v) is 6.05. The number of aryl methyl sites for hydroxylation is 2. The minimum atomic E-state index is -3.82. The van der Waals surface area contributed by atoms with Gasteiger partial charge in [0, 0.05) is 12.5 Å². The Morgan fingerprint density at radius 1 is 0.667 bits per heavy atom. The van der Waals surface area contributed by atoms with Gasteiger partial charge in [-0.1, -0.05) is 114 Å². The molecule has 1 heterocycles. The maximum atomic E-state index is 14.2. The molecule has 3 nitrogen and oxygen atoms in total. The summed E-state index contributed by atoms with van der Waals surface area (Å²) in [6.07, 6.45) is 4.22. The van der Waals surface area contributed by atoms with Gasteiger partial charge in [-0.2, -0.15) is 0 Å². The lowest BCUT2D eigenvalue weighted by Crippen LogP contribution is -2.32. The lowest BCUT2D eigenvalue weighted by molar-refractivity contribution is 0.499. The Kier molecular flexibility index (Phi) is 6.62. The highest BCUT2D eigenvalue weighted by molar-refractivity contribution is 7.89. The molecule has 180 valence electrons. The molecule has 0 bridgehead atoms. The van der Waals surface area contributed by atoms with Crippen LogP contribution in [-0.2, 0) is 10.0 Å². The molecule has 0 fully saturated rings. The molecule has 36 heavy (non-hydrogen) atoms. The van der Waals surface area contributed by atoms with Crippen LogP contribution in [0.1, 0.15) is 33.7 Å². The summed E-state index contributed by atoms with van der Waals surface area (Å²) >= 11 is 0. The van der Waals surface area contributed by atoms with Crippen LogP contribution in [-0.4, -0.2) is 19.3 Å². The number of hydrogen-bond donors (Lipinski definition) is 0. The van der Waals surface area contributed by atoms with Crippen molar-refractivity contribution in [2.45, 2.75) is 24.7 Å². The first kappa shape index (κ1) is 23.8. The topological polar surface area (TPSA) is 37.4 Å². The van der Waals surface area contributed by atoms with Gasteiger partial charge in [-0.3, -0.25) is 4.31 Å². The van der Waals surface area contributed by atoms with Gasteiger partial charge in [0.2, 0.25) is 0 Å². The van der Waals surface area contributed by atoms with E-state index in [0.29, 0.717) is 17.1 Å².